The van der Waals surface area contributed by atoms with E-state index in [2.05, 4.69) is 52.0 Å². The highest BCUT2D eigenvalue weighted by Gasteiger charge is 2.07. The molecule has 0 spiro atoms. The van der Waals surface area contributed by atoms with Gasteiger partial charge >= 0.3 is 0 Å². The molecule has 0 saturated heterocycles. The first-order chi connectivity index (χ1) is 10.7. The summed E-state index contributed by atoms with van der Waals surface area (Å²) in [7, 11) is 0. The number of hydrogen-bond acceptors (Lipinski definition) is 3. The fraction of sp³-hybridized carbons (Fsp3) is 0.375. The Hall–Kier alpha value is -1.59. The summed E-state index contributed by atoms with van der Waals surface area (Å²) in [5.74, 6) is 1.28. The number of guanidine groups is 1. The summed E-state index contributed by atoms with van der Waals surface area (Å²) >= 11 is 7.57. The van der Waals surface area contributed by atoms with Gasteiger partial charge in [0.2, 0.25) is 0 Å². The highest BCUT2D eigenvalue weighted by molar-refractivity contribution is 7.10. The summed E-state index contributed by atoms with van der Waals surface area (Å²) in [5, 5.41) is 9.26. The molecule has 2 N–H and O–H groups in total. The number of pyridine rings is 1. The molecule has 118 valence electrons. The second-order valence-corrected chi connectivity index (χ2v) is 6.35. The van der Waals surface area contributed by atoms with Gasteiger partial charge in [-0.05, 0) is 30.0 Å². The zero-order valence-electron chi connectivity index (χ0n) is 12.8. The Kier molecular flexibility index (Phi) is 6.68. The number of aromatic nitrogens is 1. The molecule has 2 aromatic rings. The average Bonchev–Trinajstić information content (AvgIpc) is 3.06. The zero-order valence-corrected chi connectivity index (χ0v) is 14.4. The van der Waals surface area contributed by atoms with E-state index in [1.54, 1.807) is 23.6 Å². The van der Waals surface area contributed by atoms with Gasteiger partial charge in [-0.2, -0.15) is 0 Å². The lowest BCUT2D eigenvalue weighted by atomic mass is 10.1. The lowest BCUT2D eigenvalue weighted by Gasteiger charge is -2.15. The molecule has 6 heteroatoms. The van der Waals surface area contributed by atoms with Crippen LogP contribution in [0, 0.1) is 0 Å². The van der Waals surface area contributed by atoms with Gasteiger partial charge in [0, 0.05) is 30.1 Å². The minimum atomic E-state index is 0.459. The van der Waals surface area contributed by atoms with Crippen molar-refractivity contribution in [1.82, 2.24) is 15.6 Å². The largest absolute Gasteiger partial charge is 0.357 e. The van der Waals surface area contributed by atoms with E-state index in [9.17, 15) is 0 Å². The van der Waals surface area contributed by atoms with Crippen molar-refractivity contribution in [3.8, 4) is 0 Å². The number of nitrogens with one attached hydrogen (secondary N) is 2. The maximum Gasteiger partial charge on any atom is 0.191 e. The second-order valence-electron chi connectivity index (χ2n) is 4.98. The Balaban J connectivity index is 1.90. The number of rotatable bonds is 6. The molecule has 0 fully saturated rings. The molecule has 0 aliphatic heterocycles. The quantitative estimate of drug-likeness (QED) is 0.481. The van der Waals surface area contributed by atoms with Gasteiger partial charge in [-0.15, -0.1) is 11.3 Å². The zero-order chi connectivity index (χ0) is 15.8. The van der Waals surface area contributed by atoms with Crippen LogP contribution in [0.5, 0.6) is 0 Å². The SMILES string of the molecule is CCNC(=NCc1ccc(Cl)nc1)NCC(C)c1cccs1. The summed E-state index contributed by atoms with van der Waals surface area (Å²) in [4.78, 5) is 10.0. The van der Waals surface area contributed by atoms with Gasteiger partial charge in [0.05, 0.1) is 6.54 Å². The van der Waals surface area contributed by atoms with Crippen LogP contribution in [-0.2, 0) is 6.54 Å². The van der Waals surface area contributed by atoms with Crippen molar-refractivity contribution in [2.45, 2.75) is 26.3 Å². The third kappa shape index (κ3) is 5.31. The van der Waals surface area contributed by atoms with E-state index in [0.29, 0.717) is 17.6 Å². The van der Waals surface area contributed by atoms with Crippen molar-refractivity contribution in [2.75, 3.05) is 13.1 Å². The smallest absolute Gasteiger partial charge is 0.191 e. The summed E-state index contributed by atoms with van der Waals surface area (Å²) in [5.41, 5.74) is 1.04. The molecule has 2 aromatic heterocycles. The molecule has 2 heterocycles. The van der Waals surface area contributed by atoms with E-state index in [4.69, 9.17) is 11.6 Å². The fourth-order valence-corrected chi connectivity index (χ4v) is 2.83. The van der Waals surface area contributed by atoms with Gasteiger partial charge in [-0.25, -0.2) is 9.98 Å². The summed E-state index contributed by atoms with van der Waals surface area (Å²) in [6.07, 6.45) is 1.75. The number of halogens is 1. The predicted molar refractivity (Wildman–Crippen MR) is 94.8 cm³/mol. The van der Waals surface area contributed by atoms with Crippen LogP contribution in [0.1, 0.15) is 30.2 Å². The van der Waals surface area contributed by atoms with Crippen molar-refractivity contribution in [1.29, 1.82) is 0 Å². The number of nitrogens with zero attached hydrogens (tertiary/aromatic N) is 2. The summed E-state index contributed by atoms with van der Waals surface area (Å²) in [6, 6.07) is 7.98. The molecule has 0 saturated carbocycles. The molecule has 0 bridgehead atoms. The van der Waals surface area contributed by atoms with Crippen molar-refractivity contribution < 1.29 is 0 Å². The lowest BCUT2D eigenvalue weighted by molar-refractivity contribution is 0.709. The van der Waals surface area contributed by atoms with Crippen LogP contribution in [0.25, 0.3) is 0 Å². The third-order valence-electron chi connectivity index (χ3n) is 3.16. The topological polar surface area (TPSA) is 49.3 Å². The van der Waals surface area contributed by atoms with E-state index in [-0.39, 0.29) is 0 Å². The molecule has 0 amide bonds. The molecule has 1 unspecified atom stereocenters. The fourth-order valence-electron chi connectivity index (χ4n) is 1.93. The first-order valence-electron chi connectivity index (χ1n) is 7.35. The van der Waals surface area contributed by atoms with Crippen LogP contribution < -0.4 is 10.6 Å². The molecular formula is C16H21ClN4S. The molecule has 0 aromatic carbocycles. The number of aliphatic imine (C=N–C) groups is 1. The molecule has 0 aliphatic carbocycles. The normalized spacial score (nSPS) is 13.0. The average molecular weight is 337 g/mol. The van der Waals surface area contributed by atoms with E-state index in [1.165, 1.54) is 4.88 Å². The maximum atomic E-state index is 5.79. The van der Waals surface area contributed by atoms with Crippen LogP contribution in [0.15, 0.2) is 40.8 Å². The van der Waals surface area contributed by atoms with Crippen LogP contribution in [0.3, 0.4) is 0 Å². The van der Waals surface area contributed by atoms with Crippen LogP contribution >= 0.6 is 22.9 Å². The number of hydrogen-bond donors (Lipinski definition) is 2. The van der Waals surface area contributed by atoms with Gasteiger partial charge in [-0.3, -0.25) is 0 Å². The van der Waals surface area contributed by atoms with E-state index >= 15 is 0 Å². The molecule has 2 rings (SSSR count). The van der Waals surface area contributed by atoms with E-state index in [0.717, 1.165) is 24.6 Å². The molecule has 1 atom stereocenters. The Morgan fingerprint density at radius 2 is 2.23 bits per heavy atom. The third-order valence-corrected chi connectivity index (χ3v) is 4.48. The molecular weight excluding hydrogens is 316 g/mol. The van der Waals surface area contributed by atoms with Gasteiger partial charge in [0.1, 0.15) is 5.15 Å². The van der Waals surface area contributed by atoms with Crippen LogP contribution in [0.4, 0.5) is 0 Å². The number of thiophene rings is 1. The Morgan fingerprint density at radius 1 is 1.36 bits per heavy atom. The first-order valence-corrected chi connectivity index (χ1v) is 8.60. The molecule has 22 heavy (non-hydrogen) atoms. The Bertz CT molecular complexity index is 581. The lowest BCUT2D eigenvalue weighted by Crippen LogP contribution is -2.39. The molecule has 0 aliphatic rings. The maximum absolute atomic E-state index is 5.79. The van der Waals surface area contributed by atoms with E-state index < -0.39 is 0 Å². The molecule has 4 nitrogen and oxygen atoms in total. The van der Waals surface area contributed by atoms with Crippen LogP contribution in [-0.4, -0.2) is 24.0 Å². The summed E-state index contributed by atoms with van der Waals surface area (Å²) in [6.45, 7) is 6.53. The van der Waals surface area contributed by atoms with E-state index in [1.807, 2.05) is 6.07 Å². The molecule has 0 radical (unpaired) electrons. The van der Waals surface area contributed by atoms with Gasteiger partial charge < -0.3 is 10.6 Å². The predicted octanol–water partition coefficient (Wildman–Crippen LogP) is 3.66. The Labute approximate surface area is 140 Å². The minimum absolute atomic E-state index is 0.459. The minimum Gasteiger partial charge on any atom is -0.357 e. The van der Waals surface area contributed by atoms with Crippen molar-refractivity contribution in [2.24, 2.45) is 4.99 Å². The van der Waals surface area contributed by atoms with Crippen molar-refractivity contribution in [3.05, 3.63) is 51.4 Å². The standard InChI is InChI=1S/C16H21ClN4S/c1-3-18-16(20-9-12(2)14-5-4-8-22-14)21-11-13-6-7-15(17)19-10-13/h4-8,10,12H,3,9,11H2,1-2H3,(H2,18,20,21). The highest BCUT2D eigenvalue weighted by atomic mass is 35.5. The van der Waals surface area contributed by atoms with Gasteiger partial charge in [0.15, 0.2) is 5.96 Å². The van der Waals surface area contributed by atoms with Crippen molar-refractivity contribution >= 4 is 28.9 Å². The van der Waals surface area contributed by atoms with Crippen molar-refractivity contribution in [3.63, 3.8) is 0 Å². The van der Waals surface area contributed by atoms with Gasteiger partial charge in [-0.1, -0.05) is 30.7 Å². The van der Waals surface area contributed by atoms with Gasteiger partial charge in [0.25, 0.3) is 0 Å². The first kappa shape index (κ1) is 16.8. The second kappa shape index (κ2) is 8.76. The monoisotopic (exact) mass is 336 g/mol. The Morgan fingerprint density at radius 3 is 2.86 bits per heavy atom. The highest BCUT2D eigenvalue weighted by Crippen LogP contribution is 2.19. The summed E-state index contributed by atoms with van der Waals surface area (Å²) < 4.78 is 0. The van der Waals surface area contributed by atoms with Crippen LogP contribution in [0.2, 0.25) is 5.15 Å².